The number of hydrogen-bond acceptors (Lipinski definition) is 3. The normalized spacial score (nSPS) is 16.1. The Hall–Kier alpha value is -0.610. The molecule has 0 bridgehead atoms. The van der Waals surface area contributed by atoms with E-state index in [0.717, 1.165) is 45.3 Å². The third-order valence-corrected chi connectivity index (χ3v) is 2.75. The number of hydrogen-bond donors (Lipinski definition) is 3. The van der Waals surface area contributed by atoms with Gasteiger partial charge in [-0.3, -0.25) is 4.79 Å². The number of amides is 1. The molecule has 0 aromatic rings. The minimum atomic E-state index is 0.184. The van der Waals surface area contributed by atoms with Gasteiger partial charge in [0.05, 0.1) is 0 Å². The quantitative estimate of drug-likeness (QED) is 0.508. The van der Waals surface area contributed by atoms with Gasteiger partial charge in [-0.2, -0.15) is 0 Å². The van der Waals surface area contributed by atoms with E-state index in [9.17, 15) is 4.79 Å². The van der Waals surface area contributed by atoms with Crippen molar-refractivity contribution in [3.8, 4) is 0 Å². The lowest BCUT2D eigenvalue weighted by molar-refractivity contribution is -0.122. The first-order valence-corrected chi connectivity index (χ1v) is 5.91. The van der Waals surface area contributed by atoms with Crippen LogP contribution in [0.25, 0.3) is 0 Å². The smallest absolute Gasteiger partial charge is 0.220 e. The second-order valence-corrected chi connectivity index (χ2v) is 4.22. The Morgan fingerprint density at radius 1 is 1.27 bits per heavy atom. The van der Waals surface area contributed by atoms with Gasteiger partial charge < -0.3 is 15.7 Å². The fourth-order valence-electron chi connectivity index (χ4n) is 1.65. The summed E-state index contributed by atoms with van der Waals surface area (Å²) in [5.41, 5.74) is 0. The second kappa shape index (κ2) is 7.65. The zero-order chi connectivity index (χ0) is 10.9. The summed E-state index contributed by atoms with van der Waals surface area (Å²) < 4.78 is 0. The first-order valence-electron chi connectivity index (χ1n) is 5.91. The Kier molecular flexibility index (Phi) is 6.36. The molecule has 0 atom stereocenters. The van der Waals surface area contributed by atoms with Crippen LogP contribution in [-0.2, 0) is 4.79 Å². The molecule has 4 nitrogen and oxygen atoms in total. The summed E-state index contributed by atoms with van der Waals surface area (Å²) >= 11 is 0. The molecule has 1 fully saturated rings. The van der Waals surface area contributed by atoms with Crippen LogP contribution in [0.2, 0.25) is 0 Å². The number of carbonyl (C=O) groups excluding carboxylic acids is 1. The Balaban J connectivity index is 1.83. The minimum absolute atomic E-state index is 0.184. The average molecular weight is 214 g/mol. The maximum absolute atomic E-state index is 11.4. The van der Waals surface area contributed by atoms with Crippen LogP contribution in [0.15, 0.2) is 0 Å². The lowest BCUT2D eigenvalue weighted by Crippen LogP contribution is -2.44. The van der Waals surface area contributed by atoms with E-state index >= 15 is 0 Å². The Morgan fingerprint density at radius 2 is 2.00 bits per heavy atom. The van der Waals surface area contributed by atoms with Gasteiger partial charge in [0.25, 0.3) is 0 Å². The predicted molar refractivity (Wildman–Crippen MR) is 59.5 cm³/mol. The molecule has 1 rings (SSSR count). The first-order chi connectivity index (χ1) is 7.33. The van der Waals surface area contributed by atoms with Gasteiger partial charge in [0, 0.05) is 19.6 Å². The highest BCUT2D eigenvalue weighted by Crippen LogP contribution is 2.07. The molecule has 0 aliphatic carbocycles. The zero-order valence-electron chi connectivity index (χ0n) is 9.30. The van der Waals surface area contributed by atoms with Crippen molar-refractivity contribution in [2.75, 3.05) is 26.2 Å². The van der Waals surface area contributed by atoms with Crippen molar-refractivity contribution in [1.29, 1.82) is 0 Å². The van der Waals surface area contributed by atoms with Crippen molar-refractivity contribution in [2.45, 2.75) is 32.1 Å². The van der Waals surface area contributed by atoms with Gasteiger partial charge in [0.1, 0.15) is 0 Å². The summed E-state index contributed by atoms with van der Waals surface area (Å²) in [5.74, 6) is 0.739. The summed E-state index contributed by atoms with van der Waals surface area (Å²) in [7, 11) is 0. The molecule has 4 heteroatoms. The van der Waals surface area contributed by atoms with Crippen molar-refractivity contribution in [3.63, 3.8) is 0 Å². The standard InChI is InChI=1S/C11H22N2O2/c14-6-4-2-1-3-5-13-11(15)7-10-8-12-9-10/h10,12,14H,1-9H2,(H,13,15). The zero-order valence-corrected chi connectivity index (χ0v) is 9.30. The maximum atomic E-state index is 11.4. The van der Waals surface area contributed by atoms with Crippen molar-refractivity contribution in [1.82, 2.24) is 10.6 Å². The molecule has 0 aromatic heterocycles. The number of unbranched alkanes of at least 4 members (excludes halogenated alkanes) is 3. The van der Waals surface area contributed by atoms with Gasteiger partial charge in [0.2, 0.25) is 5.91 Å². The summed E-state index contributed by atoms with van der Waals surface area (Å²) in [6.07, 6.45) is 4.71. The Labute approximate surface area is 91.4 Å². The van der Waals surface area contributed by atoms with Crippen LogP contribution in [0.3, 0.4) is 0 Å². The first kappa shape index (κ1) is 12.5. The Morgan fingerprint density at radius 3 is 2.60 bits per heavy atom. The molecular weight excluding hydrogens is 192 g/mol. The molecule has 0 saturated carbocycles. The van der Waals surface area contributed by atoms with E-state index in [1.54, 1.807) is 0 Å². The molecule has 15 heavy (non-hydrogen) atoms. The Bertz CT molecular complexity index is 181. The van der Waals surface area contributed by atoms with E-state index in [0.29, 0.717) is 12.3 Å². The van der Waals surface area contributed by atoms with E-state index in [2.05, 4.69) is 10.6 Å². The molecular formula is C11H22N2O2. The van der Waals surface area contributed by atoms with E-state index in [4.69, 9.17) is 5.11 Å². The molecule has 88 valence electrons. The van der Waals surface area contributed by atoms with Crippen LogP contribution in [0.1, 0.15) is 32.1 Å². The van der Waals surface area contributed by atoms with Crippen LogP contribution in [-0.4, -0.2) is 37.3 Å². The highest BCUT2D eigenvalue weighted by Gasteiger charge is 2.19. The van der Waals surface area contributed by atoms with Crippen molar-refractivity contribution >= 4 is 5.91 Å². The monoisotopic (exact) mass is 214 g/mol. The highest BCUT2D eigenvalue weighted by molar-refractivity contribution is 5.76. The van der Waals surface area contributed by atoms with E-state index in [1.807, 2.05) is 0 Å². The van der Waals surface area contributed by atoms with Crippen LogP contribution >= 0.6 is 0 Å². The molecule has 1 heterocycles. The van der Waals surface area contributed by atoms with Crippen molar-refractivity contribution < 1.29 is 9.90 Å². The van der Waals surface area contributed by atoms with E-state index < -0.39 is 0 Å². The molecule has 1 amide bonds. The van der Waals surface area contributed by atoms with Crippen LogP contribution < -0.4 is 10.6 Å². The lowest BCUT2D eigenvalue weighted by Gasteiger charge is -2.26. The van der Waals surface area contributed by atoms with Gasteiger partial charge in [-0.05, 0) is 31.8 Å². The molecule has 0 aromatic carbocycles. The number of aliphatic hydroxyl groups is 1. The SMILES string of the molecule is O=C(CC1CNC1)NCCCCCCO. The highest BCUT2D eigenvalue weighted by atomic mass is 16.2. The lowest BCUT2D eigenvalue weighted by atomic mass is 9.99. The molecule has 1 saturated heterocycles. The van der Waals surface area contributed by atoms with Crippen LogP contribution in [0.4, 0.5) is 0 Å². The van der Waals surface area contributed by atoms with Gasteiger partial charge >= 0.3 is 0 Å². The topological polar surface area (TPSA) is 61.4 Å². The fourth-order valence-corrected chi connectivity index (χ4v) is 1.65. The molecule has 0 radical (unpaired) electrons. The summed E-state index contributed by atoms with van der Waals surface area (Å²) in [5, 5.41) is 14.7. The van der Waals surface area contributed by atoms with Gasteiger partial charge in [-0.25, -0.2) is 0 Å². The number of rotatable bonds is 8. The molecule has 1 aliphatic heterocycles. The molecule has 0 unspecified atom stereocenters. The molecule has 0 spiro atoms. The summed E-state index contributed by atoms with van der Waals surface area (Å²) in [6, 6.07) is 0. The molecule has 1 aliphatic rings. The second-order valence-electron chi connectivity index (χ2n) is 4.22. The number of nitrogens with one attached hydrogen (secondary N) is 2. The van der Waals surface area contributed by atoms with Crippen molar-refractivity contribution in [2.24, 2.45) is 5.92 Å². The number of carbonyl (C=O) groups is 1. The van der Waals surface area contributed by atoms with Gasteiger partial charge in [-0.1, -0.05) is 12.8 Å². The van der Waals surface area contributed by atoms with Gasteiger partial charge in [-0.15, -0.1) is 0 Å². The molecule has 3 N–H and O–H groups in total. The van der Waals surface area contributed by atoms with Gasteiger partial charge in [0.15, 0.2) is 0 Å². The predicted octanol–water partition coefficient (Wildman–Crippen LogP) is 0.265. The van der Waals surface area contributed by atoms with E-state index in [1.165, 1.54) is 0 Å². The fraction of sp³-hybridized carbons (Fsp3) is 0.909. The minimum Gasteiger partial charge on any atom is -0.396 e. The third kappa shape index (κ3) is 5.74. The van der Waals surface area contributed by atoms with E-state index in [-0.39, 0.29) is 12.5 Å². The summed E-state index contributed by atoms with van der Waals surface area (Å²) in [6.45, 7) is 3.04. The largest absolute Gasteiger partial charge is 0.396 e. The van der Waals surface area contributed by atoms with Crippen molar-refractivity contribution in [3.05, 3.63) is 0 Å². The third-order valence-electron chi connectivity index (χ3n) is 2.75. The maximum Gasteiger partial charge on any atom is 0.220 e. The number of aliphatic hydroxyl groups excluding tert-OH is 1. The summed E-state index contributed by atoms with van der Waals surface area (Å²) in [4.78, 5) is 11.4. The average Bonchev–Trinajstić information content (AvgIpc) is 2.17. The van der Waals surface area contributed by atoms with Crippen LogP contribution in [0.5, 0.6) is 0 Å². The van der Waals surface area contributed by atoms with Crippen LogP contribution in [0, 0.1) is 5.92 Å².